The van der Waals surface area contributed by atoms with Gasteiger partial charge >= 0.3 is 17.1 Å². The molecule has 1 aliphatic heterocycles. The van der Waals surface area contributed by atoms with Gasteiger partial charge in [-0.15, -0.1) is 26.3 Å². The number of hydrogen-bond acceptors (Lipinski definition) is 3. The standard InChI is InChI=1S/C13H26O3Si4/c1-9-17(5)13-18(6,10-2)15-20(8,12-4)16-19(7,11-3)14-17/h9-12H,1-4,13H2,5-8H3. The van der Waals surface area contributed by atoms with Crippen LogP contribution in [0.3, 0.4) is 0 Å². The van der Waals surface area contributed by atoms with Crippen molar-refractivity contribution in [3.8, 4) is 0 Å². The van der Waals surface area contributed by atoms with Gasteiger partial charge in [-0.1, -0.05) is 22.8 Å². The van der Waals surface area contributed by atoms with Crippen molar-refractivity contribution in [2.45, 2.75) is 31.9 Å². The molecule has 0 aromatic heterocycles. The summed E-state index contributed by atoms with van der Waals surface area (Å²) in [6.07, 6.45) is 0. The molecule has 0 aromatic rings. The van der Waals surface area contributed by atoms with E-state index >= 15 is 0 Å². The molecule has 4 unspecified atom stereocenters. The molecule has 0 spiro atoms. The molecular weight excluding hydrogens is 316 g/mol. The second kappa shape index (κ2) is 5.83. The summed E-state index contributed by atoms with van der Waals surface area (Å²) in [7, 11) is -9.14. The van der Waals surface area contributed by atoms with E-state index in [9.17, 15) is 0 Å². The molecule has 1 fully saturated rings. The average molecular weight is 343 g/mol. The molecule has 0 radical (unpaired) electrons. The van der Waals surface area contributed by atoms with Crippen LogP contribution in [0.15, 0.2) is 49.1 Å². The van der Waals surface area contributed by atoms with E-state index in [1.54, 1.807) is 0 Å². The van der Waals surface area contributed by atoms with Gasteiger partial charge in [-0.2, -0.15) is 0 Å². The lowest BCUT2D eigenvalue weighted by atomic mass is 11.3. The highest BCUT2D eigenvalue weighted by molar-refractivity contribution is 7.04. The Morgan fingerprint density at radius 1 is 0.650 bits per heavy atom. The van der Waals surface area contributed by atoms with Gasteiger partial charge in [0.25, 0.3) is 0 Å². The summed E-state index contributed by atoms with van der Waals surface area (Å²) in [6.45, 7) is 24.1. The van der Waals surface area contributed by atoms with Crippen molar-refractivity contribution >= 4 is 33.8 Å². The smallest absolute Gasteiger partial charge is 0.342 e. The van der Waals surface area contributed by atoms with Gasteiger partial charge < -0.3 is 12.3 Å². The van der Waals surface area contributed by atoms with Gasteiger partial charge in [0.2, 0.25) is 16.6 Å². The summed E-state index contributed by atoms with van der Waals surface area (Å²) in [4.78, 5) is 0. The Morgan fingerprint density at radius 3 is 1.25 bits per heavy atom. The van der Waals surface area contributed by atoms with Crippen LogP contribution in [-0.2, 0) is 12.3 Å². The Bertz CT molecular complexity index is 347. The Morgan fingerprint density at radius 2 is 1.00 bits per heavy atom. The summed E-state index contributed by atoms with van der Waals surface area (Å²) in [6, 6.07) is 0. The van der Waals surface area contributed by atoms with Crippen LogP contribution < -0.4 is 0 Å². The largest absolute Gasteiger partial charge is 0.430 e. The maximum atomic E-state index is 6.47. The van der Waals surface area contributed by atoms with Gasteiger partial charge in [-0.05, 0) is 31.9 Å². The molecule has 0 amide bonds. The normalized spacial score (nSPS) is 45.8. The lowest BCUT2D eigenvalue weighted by Gasteiger charge is -2.47. The minimum absolute atomic E-state index is 0.906. The second-order valence-corrected chi connectivity index (χ2v) is 20.8. The molecule has 3 nitrogen and oxygen atoms in total. The maximum Gasteiger partial charge on any atom is 0.342 e. The Hall–Kier alpha value is -0.292. The summed E-state index contributed by atoms with van der Waals surface area (Å²) in [5, 5.41) is 0. The van der Waals surface area contributed by atoms with Gasteiger partial charge in [0.1, 0.15) is 0 Å². The number of hydrogen-bond donors (Lipinski definition) is 0. The molecule has 112 valence electrons. The van der Waals surface area contributed by atoms with E-state index in [0.717, 1.165) is 5.67 Å². The van der Waals surface area contributed by atoms with Crippen LogP contribution in [-0.4, -0.2) is 33.8 Å². The number of rotatable bonds is 4. The van der Waals surface area contributed by atoms with E-state index in [1.807, 2.05) is 35.9 Å². The van der Waals surface area contributed by atoms with E-state index in [-0.39, 0.29) is 0 Å². The quantitative estimate of drug-likeness (QED) is 0.728. The lowest BCUT2D eigenvalue weighted by Crippen LogP contribution is -2.63. The van der Waals surface area contributed by atoms with Crippen molar-refractivity contribution in [1.29, 1.82) is 0 Å². The minimum atomic E-state index is -2.47. The predicted molar refractivity (Wildman–Crippen MR) is 95.3 cm³/mol. The first-order valence-electron chi connectivity index (χ1n) is 6.72. The second-order valence-electron chi connectivity index (χ2n) is 5.96. The Kier molecular flexibility index (Phi) is 5.18. The van der Waals surface area contributed by atoms with Gasteiger partial charge in [0.15, 0.2) is 0 Å². The Balaban J connectivity index is 3.31. The van der Waals surface area contributed by atoms with Gasteiger partial charge in [0, 0.05) is 0 Å². The molecule has 20 heavy (non-hydrogen) atoms. The minimum Gasteiger partial charge on any atom is -0.430 e. The first kappa shape index (κ1) is 17.8. The first-order chi connectivity index (χ1) is 9.07. The SMILES string of the molecule is C=C[Si]1(C)C[Si](C)(C=C)O[Si](C)(C=C)O[Si](C)(C=C)O1. The molecule has 7 heteroatoms. The van der Waals surface area contributed by atoms with Crippen LogP contribution >= 0.6 is 0 Å². The van der Waals surface area contributed by atoms with E-state index < -0.39 is 33.8 Å². The van der Waals surface area contributed by atoms with Crippen molar-refractivity contribution in [3.63, 3.8) is 0 Å². The van der Waals surface area contributed by atoms with Crippen LogP contribution in [0.25, 0.3) is 0 Å². The third-order valence-corrected chi connectivity index (χ3v) is 22.6. The third-order valence-electron chi connectivity index (χ3n) is 3.58. The summed E-state index contributed by atoms with van der Waals surface area (Å²) < 4.78 is 19.3. The molecule has 0 saturated carbocycles. The van der Waals surface area contributed by atoms with Crippen LogP contribution in [0.1, 0.15) is 0 Å². The highest BCUT2D eigenvalue weighted by atomic mass is 28.5. The van der Waals surface area contributed by atoms with Gasteiger partial charge in [0.05, 0.1) is 0 Å². The topological polar surface area (TPSA) is 27.7 Å². The molecular formula is C13H26O3Si4. The molecule has 0 aromatic carbocycles. The molecule has 1 saturated heterocycles. The van der Waals surface area contributed by atoms with Gasteiger partial charge in [-0.3, -0.25) is 0 Å². The summed E-state index contributed by atoms with van der Waals surface area (Å²) in [5.41, 5.74) is 8.52. The molecule has 1 aliphatic rings. The molecule has 4 atom stereocenters. The van der Waals surface area contributed by atoms with E-state index in [1.165, 1.54) is 0 Å². The zero-order valence-corrected chi connectivity index (χ0v) is 17.1. The molecule has 1 heterocycles. The fourth-order valence-electron chi connectivity index (χ4n) is 2.53. The lowest BCUT2D eigenvalue weighted by molar-refractivity contribution is 0.332. The summed E-state index contributed by atoms with van der Waals surface area (Å²) in [5.74, 6) is 0. The van der Waals surface area contributed by atoms with Crippen LogP contribution in [0.5, 0.6) is 0 Å². The average Bonchev–Trinajstić information content (AvgIpc) is 2.36. The van der Waals surface area contributed by atoms with Crippen molar-refractivity contribution in [3.05, 3.63) is 49.1 Å². The van der Waals surface area contributed by atoms with Crippen molar-refractivity contribution < 1.29 is 12.3 Å². The fourth-order valence-corrected chi connectivity index (χ4v) is 24.8. The highest BCUT2D eigenvalue weighted by Gasteiger charge is 2.52. The molecule has 0 N–H and O–H groups in total. The third kappa shape index (κ3) is 3.88. The van der Waals surface area contributed by atoms with Crippen LogP contribution in [0.4, 0.5) is 0 Å². The molecule has 0 bridgehead atoms. The van der Waals surface area contributed by atoms with E-state index in [0.29, 0.717) is 0 Å². The van der Waals surface area contributed by atoms with Crippen LogP contribution in [0.2, 0.25) is 31.9 Å². The monoisotopic (exact) mass is 342 g/mol. The summed E-state index contributed by atoms with van der Waals surface area (Å²) >= 11 is 0. The van der Waals surface area contributed by atoms with Crippen LogP contribution in [0, 0.1) is 0 Å². The zero-order valence-electron chi connectivity index (χ0n) is 13.1. The zero-order chi connectivity index (χ0) is 15.7. The van der Waals surface area contributed by atoms with Crippen molar-refractivity contribution in [1.82, 2.24) is 0 Å². The Labute approximate surface area is 127 Å². The van der Waals surface area contributed by atoms with Crippen molar-refractivity contribution in [2.75, 3.05) is 0 Å². The van der Waals surface area contributed by atoms with Crippen molar-refractivity contribution in [2.24, 2.45) is 0 Å². The molecule has 0 aliphatic carbocycles. The highest BCUT2D eigenvalue weighted by Crippen LogP contribution is 2.34. The van der Waals surface area contributed by atoms with E-state index in [2.05, 4.69) is 39.4 Å². The predicted octanol–water partition coefficient (Wildman–Crippen LogP) is 3.78. The van der Waals surface area contributed by atoms with E-state index in [4.69, 9.17) is 12.3 Å². The fraction of sp³-hybridized carbons (Fsp3) is 0.385. The van der Waals surface area contributed by atoms with Gasteiger partial charge in [-0.25, -0.2) is 0 Å². The first-order valence-corrected chi connectivity index (χ1v) is 16.9. The molecule has 1 rings (SSSR count). The maximum absolute atomic E-state index is 6.47.